The molecule has 4 rings (SSSR count). The minimum atomic E-state index is -0.926. The fourth-order valence-corrected chi connectivity index (χ4v) is 5.19. The van der Waals surface area contributed by atoms with E-state index in [4.69, 9.17) is 14.9 Å². The first kappa shape index (κ1) is 25.1. The van der Waals surface area contributed by atoms with Gasteiger partial charge in [0, 0.05) is 17.7 Å². The lowest BCUT2D eigenvalue weighted by Crippen LogP contribution is -2.23. The number of hydrogen-bond acceptors (Lipinski definition) is 3. The van der Waals surface area contributed by atoms with Gasteiger partial charge in [-0.25, -0.2) is 9.18 Å². The molecule has 1 aliphatic rings. The number of aryl methyl sites for hydroxylation is 2. The number of benzene rings is 2. The topological polar surface area (TPSA) is 64.4 Å². The quantitative estimate of drug-likeness (QED) is 0.360. The summed E-state index contributed by atoms with van der Waals surface area (Å²) in [6.07, 6.45) is 5.88. The second-order valence-corrected chi connectivity index (χ2v) is 9.75. The maximum Gasteiger partial charge on any atom is 0.329 e. The minimum absolute atomic E-state index is 0.217. The van der Waals surface area contributed by atoms with Crippen molar-refractivity contribution in [2.45, 2.75) is 58.9 Å². The summed E-state index contributed by atoms with van der Waals surface area (Å²) < 4.78 is 22.7. The van der Waals surface area contributed by atoms with Crippen LogP contribution in [0.1, 0.15) is 50.3 Å². The van der Waals surface area contributed by atoms with Gasteiger partial charge in [-0.05, 0) is 74.1 Å². The number of halogens is 1. The molecule has 0 atom stereocenters. The van der Waals surface area contributed by atoms with E-state index in [0.717, 1.165) is 73.1 Å². The van der Waals surface area contributed by atoms with Crippen LogP contribution in [0.3, 0.4) is 0 Å². The molecule has 1 aromatic heterocycles. The number of ether oxygens (including phenoxy) is 1. The van der Waals surface area contributed by atoms with Crippen LogP contribution in [0.25, 0.3) is 22.4 Å². The van der Waals surface area contributed by atoms with Crippen molar-refractivity contribution in [2.24, 2.45) is 11.8 Å². The first-order valence-corrected chi connectivity index (χ1v) is 12.7. The molecule has 0 unspecified atom stereocenters. The van der Waals surface area contributed by atoms with E-state index in [0.29, 0.717) is 24.0 Å². The molecule has 0 bridgehead atoms. The number of carboxylic acid groups (broad SMARTS) is 1. The van der Waals surface area contributed by atoms with Crippen molar-refractivity contribution in [3.05, 3.63) is 65.6 Å². The molecular weight excluding hydrogens is 443 g/mol. The molecule has 2 aromatic carbocycles. The maximum absolute atomic E-state index is 15.3. The SMILES string of the molecule is CCCc1nn(C[C@H]2CC[C@@H](COCC(=O)O)CC2)c(-c2ccc(C)cc2F)c1-c1ccccc1. The summed E-state index contributed by atoms with van der Waals surface area (Å²) >= 11 is 0. The third-order valence-electron chi connectivity index (χ3n) is 6.93. The van der Waals surface area contributed by atoms with Crippen LogP contribution in [0.2, 0.25) is 0 Å². The lowest BCUT2D eigenvalue weighted by Gasteiger charge is -2.28. The van der Waals surface area contributed by atoms with E-state index in [2.05, 4.69) is 19.1 Å². The van der Waals surface area contributed by atoms with Crippen LogP contribution in [0.15, 0.2) is 48.5 Å². The highest BCUT2D eigenvalue weighted by atomic mass is 19.1. The first-order chi connectivity index (χ1) is 17.0. The molecular formula is C29H35FN2O3. The van der Waals surface area contributed by atoms with Crippen molar-refractivity contribution in [2.75, 3.05) is 13.2 Å². The highest BCUT2D eigenvalue weighted by Gasteiger charge is 2.27. The monoisotopic (exact) mass is 478 g/mol. The summed E-state index contributed by atoms with van der Waals surface area (Å²) in [5.74, 6) is -0.306. The highest BCUT2D eigenvalue weighted by Crippen LogP contribution is 2.39. The molecule has 1 saturated carbocycles. The largest absolute Gasteiger partial charge is 0.480 e. The maximum atomic E-state index is 15.3. The Bertz CT molecular complexity index is 1130. The van der Waals surface area contributed by atoms with Crippen molar-refractivity contribution < 1.29 is 19.0 Å². The summed E-state index contributed by atoms with van der Waals surface area (Å²) in [6, 6.07) is 15.7. The van der Waals surface area contributed by atoms with Gasteiger partial charge in [-0.1, -0.05) is 49.7 Å². The Hall–Kier alpha value is -2.99. The van der Waals surface area contributed by atoms with Crippen molar-refractivity contribution in [1.29, 1.82) is 0 Å². The highest BCUT2D eigenvalue weighted by molar-refractivity contribution is 5.83. The predicted molar refractivity (Wildman–Crippen MR) is 136 cm³/mol. The van der Waals surface area contributed by atoms with E-state index in [1.54, 1.807) is 6.07 Å². The molecule has 3 aromatic rings. The smallest absolute Gasteiger partial charge is 0.329 e. The minimum Gasteiger partial charge on any atom is -0.480 e. The molecule has 5 nitrogen and oxygen atoms in total. The molecule has 0 spiro atoms. The summed E-state index contributed by atoms with van der Waals surface area (Å²) in [5, 5.41) is 13.8. The van der Waals surface area contributed by atoms with Crippen molar-refractivity contribution in [3.63, 3.8) is 0 Å². The van der Waals surface area contributed by atoms with E-state index < -0.39 is 5.97 Å². The fourth-order valence-electron chi connectivity index (χ4n) is 5.19. The van der Waals surface area contributed by atoms with Gasteiger partial charge >= 0.3 is 5.97 Å². The first-order valence-electron chi connectivity index (χ1n) is 12.7. The van der Waals surface area contributed by atoms with Gasteiger partial charge in [0.25, 0.3) is 0 Å². The Morgan fingerprint density at radius 3 is 2.49 bits per heavy atom. The molecule has 1 fully saturated rings. The Kier molecular flexibility index (Phi) is 8.34. The molecule has 0 amide bonds. The molecule has 0 saturated heterocycles. The van der Waals surface area contributed by atoms with E-state index in [1.165, 1.54) is 0 Å². The molecule has 186 valence electrons. The Morgan fingerprint density at radius 2 is 1.83 bits per heavy atom. The predicted octanol–water partition coefficient (Wildman–Crippen LogP) is 6.52. The van der Waals surface area contributed by atoms with Crippen LogP contribution in [0.4, 0.5) is 4.39 Å². The van der Waals surface area contributed by atoms with Crippen molar-refractivity contribution in [3.8, 4) is 22.4 Å². The van der Waals surface area contributed by atoms with Gasteiger partial charge in [0.2, 0.25) is 0 Å². The molecule has 35 heavy (non-hydrogen) atoms. The zero-order valence-electron chi connectivity index (χ0n) is 20.7. The third kappa shape index (κ3) is 6.17. The number of aliphatic carboxylic acids is 1. The summed E-state index contributed by atoms with van der Waals surface area (Å²) in [7, 11) is 0. The Morgan fingerprint density at radius 1 is 1.11 bits per heavy atom. The van der Waals surface area contributed by atoms with Gasteiger partial charge in [0.1, 0.15) is 12.4 Å². The number of hydrogen-bond donors (Lipinski definition) is 1. The van der Waals surface area contributed by atoms with E-state index in [1.807, 2.05) is 41.9 Å². The number of nitrogens with zero attached hydrogens (tertiary/aromatic N) is 2. The fraction of sp³-hybridized carbons (Fsp3) is 0.448. The molecule has 6 heteroatoms. The second-order valence-electron chi connectivity index (χ2n) is 9.75. The lowest BCUT2D eigenvalue weighted by molar-refractivity contribution is -0.142. The zero-order valence-corrected chi connectivity index (χ0v) is 20.7. The van der Waals surface area contributed by atoms with E-state index in [-0.39, 0.29) is 12.4 Å². The Labute approximate surface area is 206 Å². The molecule has 1 N–H and O–H groups in total. The van der Waals surface area contributed by atoms with Gasteiger partial charge in [-0.3, -0.25) is 4.68 Å². The van der Waals surface area contributed by atoms with Crippen LogP contribution in [-0.4, -0.2) is 34.1 Å². The van der Waals surface area contributed by atoms with Crippen molar-refractivity contribution >= 4 is 5.97 Å². The van der Waals surface area contributed by atoms with Crippen LogP contribution in [-0.2, 0) is 22.5 Å². The number of carbonyl (C=O) groups is 1. The third-order valence-corrected chi connectivity index (χ3v) is 6.93. The average Bonchev–Trinajstić information content (AvgIpc) is 3.18. The number of aromatic nitrogens is 2. The normalized spacial score (nSPS) is 18.0. The van der Waals surface area contributed by atoms with Gasteiger partial charge in [0.15, 0.2) is 0 Å². The van der Waals surface area contributed by atoms with E-state index >= 15 is 4.39 Å². The molecule has 0 radical (unpaired) electrons. The molecule has 0 aliphatic heterocycles. The van der Waals surface area contributed by atoms with Crippen molar-refractivity contribution in [1.82, 2.24) is 9.78 Å². The van der Waals surface area contributed by atoms with Gasteiger partial charge in [0.05, 0.1) is 18.0 Å². The standard InChI is InChI=1S/C29H35FN2O3/c1-3-7-26-28(23-8-5-4-6-9-23)29(24-15-10-20(2)16-25(24)30)32(31-26)17-21-11-13-22(14-12-21)18-35-19-27(33)34/h4-6,8-10,15-16,21-22H,3,7,11-14,17-19H2,1-2H3,(H,33,34)/t21-,22+. The summed E-state index contributed by atoms with van der Waals surface area (Å²) in [4.78, 5) is 10.7. The Balaban J connectivity index is 1.64. The van der Waals surface area contributed by atoms with Gasteiger partial charge in [-0.2, -0.15) is 5.10 Å². The average molecular weight is 479 g/mol. The van der Waals surface area contributed by atoms with E-state index in [9.17, 15) is 4.79 Å². The van der Waals surface area contributed by atoms with Crippen LogP contribution < -0.4 is 0 Å². The van der Waals surface area contributed by atoms with Crippen LogP contribution in [0, 0.1) is 24.6 Å². The summed E-state index contributed by atoms with van der Waals surface area (Å²) in [5.41, 5.74) is 5.48. The van der Waals surface area contributed by atoms with Crippen LogP contribution >= 0.6 is 0 Å². The second kappa shape index (κ2) is 11.6. The number of rotatable bonds is 10. The zero-order chi connectivity index (χ0) is 24.8. The molecule has 1 aliphatic carbocycles. The molecule has 1 heterocycles. The van der Waals surface area contributed by atoms with Crippen LogP contribution in [0.5, 0.6) is 0 Å². The summed E-state index contributed by atoms with van der Waals surface area (Å²) in [6.45, 7) is 5.06. The van der Waals surface area contributed by atoms with Gasteiger partial charge in [-0.15, -0.1) is 0 Å². The van der Waals surface area contributed by atoms with Gasteiger partial charge < -0.3 is 9.84 Å². The lowest BCUT2D eigenvalue weighted by atomic mass is 9.82. The number of carboxylic acids is 1.